The van der Waals surface area contributed by atoms with Crippen LogP contribution in [-0.4, -0.2) is 18.6 Å². The quantitative estimate of drug-likeness (QED) is 0.886. The molecule has 2 aromatic heterocycles. The molecule has 2 N–H and O–H groups in total. The van der Waals surface area contributed by atoms with Crippen LogP contribution in [0, 0.1) is 6.92 Å². The molecule has 2 aromatic rings. The Morgan fingerprint density at radius 3 is 2.83 bits per heavy atom. The summed E-state index contributed by atoms with van der Waals surface area (Å²) < 4.78 is 26.8. The van der Waals surface area contributed by atoms with Gasteiger partial charge in [-0.25, -0.2) is 8.42 Å². The number of anilines is 1. The van der Waals surface area contributed by atoms with Gasteiger partial charge in [0.2, 0.25) is 0 Å². The first-order chi connectivity index (χ1) is 8.51. The lowest BCUT2D eigenvalue weighted by atomic mass is 10.2. The Morgan fingerprint density at radius 1 is 1.44 bits per heavy atom. The van der Waals surface area contributed by atoms with E-state index in [0.29, 0.717) is 10.0 Å². The molecule has 0 atom stereocenters. The predicted molar refractivity (Wildman–Crippen MR) is 72.4 cm³/mol. The van der Waals surface area contributed by atoms with E-state index in [1.165, 1.54) is 11.3 Å². The summed E-state index contributed by atoms with van der Waals surface area (Å²) in [5, 5.41) is 6.75. The average Bonchev–Trinajstić information content (AvgIpc) is 2.88. The predicted octanol–water partition coefficient (Wildman–Crippen LogP) is 2.53. The zero-order valence-electron chi connectivity index (χ0n) is 10.2. The lowest BCUT2D eigenvalue weighted by Crippen LogP contribution is -2.11. The maximum absolute atomic E-state index is 12.0. The van der Waals surface area contributed by atoms with Crippen molar-refractivity contribution in [3.63, 3.8) is 0 Å². The fraction of sp³-hybridized carbons (Fsp3) is 0.364. The molecule has 0 amide bonds. The highest BCUT2D eigenvalue weighted by Gasteiger charge is 2.17. The van der Waals surface area contributed by atoms with Crippen molar-refractivity contribution in [2.75, 3.05) is 4.72 Å². The molecule has 0 unspecified atom stereocenters. The minimum absolute atomic E-state index is 0.306. The Kier molecular flexibility index (Phi) is 3.72. The van der Waals surface area contributed by atoms with E-state index in [1.54, 1.807) is 18.2 Å². The SMILES string of the molecule is CCCc1cc(NS(=O)(=O)c2ccc(C)s2)n[nH]1. The summed E-state index contributed by atoms with van der Waals surface area (Å²) in [5.41, 5.74) is 0.928. The molecule has 5 nitrogen and oxygen atoms in total. The van der Waals surface area contributed by atoms with Crippen molar-refractivity contribution in [2.24, 2.45) is 0 Å². The van der Waals surface area contributed by atoms with Crippen molar-refractivity contribution in [3.05, 3.63) is 28.8 Å². The van der Waals surface area contributed by atoms with Gasteiger partial charge >= 0.3 is 0 Å². The Bertz CT molecular complexity index is 628. The summed E-state index contributed by atoms with van der Waals surface area (Å²) in [6, 6.07) is 5.11. The first kappa shape index (κ1) is 13.1. The van der Waals surface area contributed by atoms with Gasteiger partial charge < -0.3 is 0 Å². The van der Waals surface area contributed by atoms with Gasteiger partial charge in [0.1, 0.15) is 4.21 Å². The standard InChI is InChI=1S/C11H15N3O2S2/c1-3-4-9-7-10(13-12-9)14-18(15,16)11-6-5-8(2)17-11/h5-7H,3-4H2,1-2H3,(H2,12,13,14). The Balaban J connectivity index is 2.17. The summed E-state index contributed by atoms with van der Waals surface area (Å²) in [7, 11) is -3.51. The van der Waals surface area contributed by atoms with Crippen molar-refractivity contribution in [1.82, 2.24) is 10.2 Å². The van der Waals surface area contributed by atoms with Crippen molar-refractivity contribution in [3.8, 4) is 0 Å². The number of rotatable bonds is 5. The van der Waals surface area contributed by atoms with E-state index in [0.717, 1.165) is 23.4 Å². The minimum atomic E-state index is -3.51. The molecule has 0 aliphatic carbocycles. The van der Waals surface area contributed by atoms with Gasteiger partial charge in [-0.05, 0) is 25.5 Å². The van der Waals surface area contributed by atoms with Crippen LogP contribution in [0.4, 0.5) is 5.82 Å². The number of hydrogen-bond acceptors (Lipinski definition) is 4. The number of nitrogens with zero attached hydrogens (tertiary/aromatic N) is 1. The largest absolute Gasteiger partial charge is 0.280 e. The number of thiophene rings is 1. The second-order valence-electron chi connectivity index (χ2n) is 4.00. The monoisotopic (exact) mass is 285 g/mol. The molecule has 0 bridgehead atoms. The number of H-pyrrole nitrogens is 1. The zero-order valence-corrected chi connectivity index (χ0v) is 11.9. The first-order valence-corrected chi connectivity index (χ1v) is 7.95. The number of aromatic nitrogens is 2. The molecule has 0 saturated carbocycles. The van der Waals surface area contributed by atoms with Gasteiger partial charge in [-0.2, -0.15) is 5.10 Å². The highest BCUT2D eigenvalue weighted by atomic mass is 32.2. The van der Waals surface area contributed by atoms with Crippen LogP contribution in [0.2, 0.25) is 0 Å². The van der Waals surface area contributed by atoms with Gasteiger partial charge in [0.25, 0.3) is 10.0 Å². The van der Waals surface area contributed by atoms with E-state index in [-0.39, 0.29) is 0 Å². The molecule has 2 heterocycles. The molecule has 2 rings (SSSR count). The van der Waals surface area contributed by atoms with Gasteiger partial charge in [-0.1, -0.05) is 13.3 Å². The molecule has 0 radical (unpaired) electrons. The summed E-state index contributed by atoms with van der Waals surface area (Å²) >= 11 is 1.24. The maximum atomic E-state index is 12.0. The van der Waals surface area contributed by atoms with Crippen LogP contribution >= 0.6 is 11.3 Å². The average molecular weight is 285 g/mol. The summed E-state index contributed by atoms with van der Waals surface area (Å²) in [6.07, 6.45) is 1.84. The molecule has 0 aliphatic heterocycles. The molecule has 0 aromatic carbocycles. The van der Waals surface area contributed by atoms with Crippen LogP contribution in [-0.2, 0) is 16.4 Å². The number of hydrogen-bond donors (Lipinski definition) is 2. The van der Waals surface area contributed by atoms with E-state index in [4.69, 9.17) is 0 Å². The fourth-order valence-electron chi connectivity index (χ4n) is 1.56. The van der Waals surface area contributed by atoms with Crippen molar-refractivity contribution >= 4 is 27.2 Å². The maximum Gasteiger partial charge on any atom is 0.272 e. The number of aryl methyl sites for hydroxylation is 2. The topological polar surface area (TPSA) is 74.8 Å². The van der Waals surface area contributed by atoms with E-state index < -0.39 is 10.0 Å². The molecule has 0 saturated heterocycles. The lowest BCUT2D eigenvalue weighted by Gasteiger charge is -2.01. The van der Waals surface area contributed by atoms with Crippen molar-refractivity contribution in [2.45, 2.75) is 30.9 Å². The third-order valence-electron chi connectivity index (χ3n) is 2.37. The normalized spacial score (nSPS) is 11.7. The van der Waals surface area contributed by atoms with E-state index in [9.17, 15) is 8.42 Å². The van der Waals surface area contributed by atoms with Gasteiger partial charge in [-0.15, -0.1) is 11.3 Å². The second kappa shape index (κ2) is 5.11. The Hall–Kier alpha value is -1.34. The third kappa shape index (κ3) is 2.91. The van der Waals surface area contributed by atoms with Crippen LogP contribution in [0.25, 0.3) is 0 Å². The Morgan fingerprint density at radius 2 is 2.22 bits per heavy atom. The third-order valence-corrected chi connectivity index (χ3v) is 5.22. The second-order valence-corrected chi connectivity index (χ2v) is 7.20. The summed E-state index contributed by atoms with van der Waals surface area (Å²) in [5.74, 6) is 0.338. The van der Waals surface area contributed by atoms with Crippen LogP contribution in [0.1, 0.15) is 23.9 Å². The summed E-state index contributed by atoms with van der Waals surface area (Å²) in [4.78, 5) is 0.962. The van der Waals surface area contributed by atoms with Gasteiger partial charge in [-0.3, -0.25) is 9.82 Å². The lowest BCUT2D eigenvalue weighted by molar-refractivity contribution is 0.603. The van der Waals surface area contributed by atoms with E-state index in [2.05, 4.69) is 21.8 Å². The molecular weight excluding hydrogens is 270 g/mol. The van der Waals surface area contributed by atoms with Gasteiger partial charge in [0.15, 0.2) is 5.82 Å². The molecular formula is C11H15N3O2S2. The highest BCUT2D eigenvalue weighted by Crippen LogP contribution is 2.22. The first-order valence-electron chi connectivity index (χ1n) is 5.65. The molecule has 98 valence electrons. The number of aromatic amines is 1. The van der Waals surface area contributed by atoms with Crippen LogP contribution < -0.4 is 4.72 Å². The van der Waals surface area contributed by atoms with Gasteiger partial charge in [0.05, 0.1) is 0 Å². The number of nitrogens with one attached hydrogen (secondary N) is 2. The zero-order chi connectivity index (χ0) is 13.2. The van der Waals surface area contributed by atoms with Crippen molar-refractivity contribution < 1.29 is 8.42 Å². The Labute approximate surface area is 110 Å². The minimum Gasteiger partial charge on any atom is -0.280 e. The van der Waals surface area contributed by atoms with E-state index in [1.807, 2.05) is 6.92 Å². The molecule has 7 heteroatoms. The summed E-state index contributed by atoms with van der Waals surface area (Å²) in [6.45, 7) is 3.93. The molecule has 18 heavy (non-hydrogen) atoms. The molecule has 0 fully saturated rings. The van der Waals surface area contributed by atoms with E-state index >= 15 is 0 Å². The van der Waals surface area contributed by atoms with Crippen molar-refractivity contribution in [1.29, 1.82) is 0 Å². The molecule has 0 aliphatic rings. The van der Waals surface area contributed by atoms with Crippen LogP contribution in [0.15, 0.2) is 22.4 Å². The highest BCUT2D eigenvalue weighted by molar-refractivity contribution is 7.94. The fourth-order valence-corrected chi connectivity index (χ4v) is 3.83. The van der Waals surface area contributed by atoms with Crippen LogP contribution in [0.3, 0.4) is 0 Å². The smallest absolute Gasteiger partial charge is 0.272 e. The van der Waals surface area contributed by atoms with Crippen LogP contribution in [0.5, 0.6) is 0 Å². The van der Waals surface area contributed by atoms with Gasteiger partial charge in [0, 0.05) is 16.6 Å². The number of sulfonamides is 1. The molecule has 0 spiro atoms.